The van der Waals surface area contributed by atoms with Crippen molar-refractivity contribution in [3.63, 3.8) is 0 Å². The van der Waals surface area contributed by atoms with Gasteiger partial charge in [0.1, 0.15) is 17.6 Å². The molecule has 1 N–H and O–H groups in total. The fourth-order valence-electron chi connectivity index (χ4n) is 2.43. The maximum absolute atomic E-state index is 12.8. The van der Waals surface area contributed by atoms with Crippen LogP contribution in [0.25, 0.3) is 0 Å². The number of carbonyl (C=O) groups is 1. The standard InChI is InChI=1S/C18H18N2O3S/c1-13-19-15(12-24-13)18(22)20(10-14-6-3-2-4-7-14)11-16(21)17-8-5-9-23-17/h2-9,12,16,21H,10-11H2,1H3/t16-/m1/s1. The lowest BCUT2D eigenvalue weighted by molar-refractivity contribution is 0.0558. The molecule has 1 amide bonds. The first kappa shape index (κ1) is 16.4. The van der Waals surface area contributed by atoms with Crippen molar-refractivity contribution in [3.05, 3.63) is 76.1 Å². The third-order valence-corrected chi connectivity index (χ3v) is 4.38. The maximum atomic E-state index is 12.8. The third kappa shape index (κ3) is 3.90. The van der Waals surface area contributed by atoms with Gasteiger partial charge in [0.25, 0.3) is 5.91 Å². The molecule has 124 valence electrons. The van der Waals surface area contributed by atoms with Crippen LogP contribution in [-0.4, -0.2) is 27.4 Å². The molecule has 24 heavy (non-hydrogen) atoms. The van der Waals surface area contributed by atoms with Crippen LogP contribution in [0.3, 0.4) is 0 Å². The van der Waals surface area contributed by atoms with Crippen molar-refractivity contribution in [1.82, 2.24) is 9.88 Å². The van der Waals surface area contributed by atoms with Crippen molar-refractivity contribution in [2.24, 2.45) is 0 Å². The topological polar surface area (TPSA) is 66.6 Å². The Morgan fingerprint density at radius 2 is 2.08 bits per heavy atom. The molecule has 0 saturated heterocycles. The van der Waals surface area contributed by atoms with E-state index in [4.69, 9.17) is 4.42 Å². The highest BCUT2D eigenvalue weighted by Gasteiger charge is 2.23. The minimum Gasteiger partial charge on any atom is -0.467 e. The molecule has 2 aromatic heterocycles. The Bertz CT molecular complexity index is 784. The number of benzene rings is 1. The summed E-state index contributed by atoms with van der Waals surface area (Å²) in [5, 5.41) is 12.9. The minimum atomic E-state index is -0.882. The van der Waals surface area contributed by atoms with Gasteiger partial charge in [-0.05, 0) is 24.6 Å². The summed E-state index contributed by atoms with van der Waals surface area (Å²) in [6, 6.07) is 13.1. The monoisotopic (exact) mass is 342 g/mol. The van der Waals surface area contributed by atoms with E-state index in [-0.39, 0.29) is 12.5 Å². The van der Waals surface area contributed by atoms with Gasteiger partial charge in [0.05, 0.1) is 17.8 Å². The van der Waals surface area contributed by atoms with E-state index in [1.165, 1.54) is 17.6 Å². The van der Waals surface area contributed by atoms with Crippen LogP contribution >= 0.6 is 11.3 Å². The maximum Gasteiger partial charge on any atom is 0.273 e. The second-order valence-corrected chi connectivity index (χ2v) is 6.52. The number of aliphatic hydroxyl groups excluding tert-OH is 1. The lowest BCUT2D eigenvalue weighted by atomic mass is 10.2. The Kier molecular flexibility index (Phi) is 5.08. The number of aryl methyl sites for hydroxylation is 1. The van der Waals surface area contributed by atoms with Crippen molar-refractivity contribution in [2.75, 3.05) is 6.54 Å². The first-order chi connectivity index (χ1) is 11.6. The van der Waals surface area contributed by atoms with Gasteiger partial charge >= 0.3 is 0 Å². The van der Waals surface area contributed by atoms with E-state index in [0.717, 1.165) is 10.6 Å². The normalized spacial score (nSPS) is 12.1. The molecule has 1 atom stereocenters. The molecule has 0 radical (unpaired) electrons. The van der Waals surface area contributed by atoms with Crippen molar-refractivity contribution in [3.8, 4) is 0 Å². The van der Waals surface area contributed by atoms with Crippen LogP contribution in [0.1, 0.15) is 32.9 Å². The van der Waals surface area contributed by atoms with E-state index in [1.807, 2.05) is 37.3 Å². The van der Waals surface area contributed by atoms with Crippen LogP contribution in [0.15, 0.2) is 58.5 Å². The Morgan fingerprint density at radius 1 is 1.29 bits per heavy atom. The molecule has 6 heteroatoms. The average molecular weight is 342 g/mol. The first-order valence-corrected chi connectivity index (χ1v) is 8.48. The molecular weight excluding hydrogens is 324 g/mol. The summed E-state index contributed by atoms with van der Waals surface area (Å²) >= 11 is 1.43. The lowest BCUT2D eigenvalue weighted by Crippen LogP contribution is -2.34. The van der Waals surface area contributed by atoms with Crippen molar-refractivity contribution in [1.29, 1.82) is 0 Å². The van der Waals surface area contributed by atoms with Gasteiger partial charge in [-0.3, -0.25) is 4.79 Å². The number of hydrogen-bond acceptors (Lipinski definition) is 5. The van der Waals surface area contributed by atoms with Crippen LogP contribution in [-0.2, 0) is 6.54 Å². The quantitative estimate of drug-likeness (QED) is 0.745. The summed E-state index contributed by atoms with van der Waals surface area (Å²) < 4.78 is 5.23. The van der Waals surface area contributed by atoms with E-state index in [9.17, 15) is 9.90 Å². The molecule has 0 aliphatic heterocycles. The first-order valence-electron chi connectivity index (χ1n) is 7.60. The van der Waals surface area contributed by atoms with Gasteiger partial charge in [-0.1, -0.05) is 30.3 Å². The Morgan fingerprint density at radius 3 is 2.71 bits per heavy atom. The lowest BCUT2D eigenvalue weighted by Gasteiger charge is -2.24. The molecule has 0 aliphatic rings. The summed E-state index contributed by atoms with van der Waals surface area (Å²) in [6.07, 6.45) is 0.624. The molecule has 0 spiro atoms. The van der Waals surface area contributed by atoms with E-state index in [1.54, 1.807) is 22.4 Å². The van der Waals surface area contributed by atoms with E-state index in [2.05, 4.69) is 4.98 Å². The summed E-state index contributed by atoms with van der Waals surface area (Å²) in [6.45, 7) is 2.40. The second-order valence-electron chi connectivity index (χ2n) is 5.45. The number of rotatable bonds is 6. The zero-order valence-corrected chi connectivity index (χ0v) is 14.1. The fourth-order valence-corrected chi connectivity index (χ4v) is 3.01. The van der Waals surface area contributed by atoms with Crippen molar-refractivity contribution >= 4 is 17.2 Å². The number of aromatic nitrogens is 1. The molecule has 0 unspecified atom stereocenters. The van der Waals surface area contributed by atoms with Gasteiger partial charge in [-0.25, -0.2) is 4.98 Å². The highest BCUT2D eigenvalue weighted by atomic mass is 32.1. The largest absolute Gasteiger partial charge is 0.467 e. The van der Waals surface area contributed by atoms with Crippen LogP contribution in [0.5, 0.6) is 0 Å². The Labute approximate surface area is 144 Å². The fraction of sp³-hybridized carbons (Fsp3) is 0.222. The van der Waals surface area contributed by atoms with E-state index < -0.39 is 6.10 Å². The molecule has 5 nitrogen and oxygen atoms in total. The van der Waals surface area contributed by atoms with Gasteiger partial charge in [-0.2, -0.15) is 0 Å². The van der Waals surface area contributed by atoms with Crippen molar-refractivity contribution < 1.29 is 14.3 Å². The molecule has 2 heterocycles. The number of amides is 1. The van der Waals surface area contributed by atoms with Gasteiger partial charge in [0.15, 0.2) is 0 Å². The zero-order valence-electron chi connectivity index (χ0n) is 13.3. The molecule has 0 fully saturated rings. The molecule has 0 saturated carbocycles. The minimum absolute atomic E-state index is 0.137. The SMILES string of the molecule is Cc1nc(C(=O)N(Cc2ccccc2)C[C@@H](O)c2ccco2)cs1. The predicted octanol–water partition coefficient (Wildman–Crippen LogP) is 3.42. The third-order valence-electron chi connectivity index (χ3n) is 3.61. The Hall–Kier alpha value is -2.44. The summed E-state index contributed by atoms with van der Waals surface area (Å²) in [7, 11) is 0. The van der Waals surface area contributed by atoms with Gasteiger partial charge in [-0.15, -0.1) is 11.3 Å². The Balaban J connectivity index is 1.81. The number of nitrogens with zero attached hydrogens (tertiary/aromatic N) is 2. The summed E-state index contributed by atoms with van der Waals surface area (Å²) in [5.74, 6) is 0.240. The van der Waals surface area contributed by atoms with Gasteiger partial charge in [0, 0.05) is 11.9 Å². The summed E-state index contributed by atoms with van der Waals surface area (Å²) in [4.78, 5) is 18.7. The zero-order chi connectivity index (χ0) is 16.9. The van der Waals surface area contributed by atoms with Gasteiger partial charge < -0.3 is 14.4 Å². The molecule has 1 aromatic carbocycles. The number of furan rings is 1. The average Bonchev–Trinajstić information content (AvgIpc) is 3.26. The molecule has 0 bridgehead atoms. The van der Waals surface area contributed by atoms with Crippen LogP contribution < -0.4 is 0 Å². The van der Waals surface area contributed by atoms with E-state index in [0.29, 0.717) is 18.0 Å². The predicted molar refractivity (Wildman–Crippen MR) is 91.7 cm³/mol. The smallest absolute Gasteiger partial charge is 0.273 e. The van der Waals surface area contributed by atoms with Crippen LogP contribution in [0.2, 0.25) is 0 Å². The number of thiazole rings is 1. The molecule has 3 rings (SSSR count). The summed E-state index contributed by atoms with van der Waals surface area (Å²) in [5.41, 5.74) is 1.39. The number of aliphatic hydroxyl groups is 1. The van der Waals surface area contributed by atoms with Crippen molar-refractivity contribution in [2.45, 2.75) is 19.6 Å². The molecular formula is C18H18N2O3S. The van der Waals surface area contributed by atoms with E-state index >= 15 is 0 Å². The highest BCUT2D eigenvalue weighted by Crippen LogP contribution is 2.19. The van der Waals surface area contributed by atoms with Crippen LogP contribution in [0.4, 0.5) is 0 Å². The number of carbonyl (C=O) groups excluding carboxylic acids is 1. The molecule has 3 aromatic rings. The number of hydrogen-bond donors (Lipinski definition) is 1. The second kappa shape index (κ2) is 7.42. The molecule has 0 aliphatic carbocycles. The van der Waals surface area contributed by atoms with Gasteiger partial charge in [0.2, 0.25) is 0 Å². The van der Waals surface area contributed by atoms with Crippen LogP contribution in [0, 0.1) is 6.92 Å². The highest BCUT2D eigenvalue weighted by molar-refractivity contribution is 7.09.